The van der Waals surface area contributed by atoms with Gasteiger partial charge in [0, 0.05) is 5.69 Å². The molecule has 1 aromatic rings. The van der Waals surface area contributed by atoms with Crippen molar-refractivity contribution in [3.8, 4) is 0 Å². The van der Waals surface area contributed by atoms with E-state index in [0.29, 0.717) is 5.11 Å². The van der Waals surface area contributed by atoms with E-state index >= 15 is 0 Å². The average Bonchev–Trinajstić information content (AvgIpc) is 2.36. The van der Waals surface area contributed by atoms with Crippen molar-refractivity contribution in [2.75, 3.05) is 5.32 Å². The Morgan fingerprint density at radius 3 is 2.50 bits per heavy atom. The van der Waals surface area contributed by atoms with Gasteiger partial charge in [-0.3, -0.25) is 0 Å². The van der Waals surface area contributed by atoms with E-state index in [4.69, 9.17) is 17.3 Å². The Bertz CT molecular complexity index is 409. The SMILES string of the molecule is CC[C@H](C)[C@H](NC(=S)Nc1ccccc1)C(=O)O. The maximum atomic E-state index is 11.1. The Morgan fingerprint density at radius 1 is 1.39 bits per heavy atom. The van der Waals surface area contributed by atoms with Gasteiger partial charge in [0.2, 0.25) is 0 Å². The Morgan fingerprint density at radius 2 is 2.00 bits per heavy atom. The quantitative estimate of drug-likeness (QED) is 0.715. The first-order valence-corrected chi connectivity index (χ1v) is 6.30. The van der Waals surface area contributed by atoms with Gasteiger partial charge in [-0.25, -0.2) is 4.79 Å². The fourth-order valence-corrected chi connectivity index (χ4v) is 1.76. The second-order valence-electron chi connectivity index (χ2n) is 4.17. The minimum absolute atomic E-state index is 0.0121. The number of para-hydroxylation sites is 1. The minimum Gasteiger partial charge on any atom is -0.480 e. The van der Waals surface area contributed by atoms with Crippen LogP contribution in [0.1, 0.15) is 20.3 Å². The van der Waals surface area contributed by atoms with Crippen molar-refractivity contribution < 1.29 is 9.90 Å². The molecule has 0 saturated heterocycles. The summed E-state index contributed by atoms with van der Waals surface area (Å²) in [4.78, 5) is 11.1. The number of carboxylic acids is 1. The number of aliphatic carboxylic acids is 1. The summed E-state index contributed by atoms with van der Waals surface area (Å²) in [5, 5.41) is 15.3. The molecule has 4 nitrogen and oxygen atoms in total. The molecular formula is C13H18N2O2S. The second kappa shape index (κ2) is 6.96. The second-order valence-corrected chi connectivity index (χ2v) is 4.57. The van der Waals surface area contributed by atoms with Crippen molar-refractivity contribution >= 4 is 29.0 Å². The molecule has 0 saturated carbocycles. The van der Waals surface area contributed by atoms with E-state index < -0.39 is 12.0 Å². The van der Waals surface area contributed by atoms with E-state index in [0.717, 1.165) is 12.1 Å². The lowest BCUT2D eigenvalue weighted by molar-refractivity contribution is -0.140. The number of carbonyl (C=O) groups is 1. The predicted octanol–water partition coefficient (Wildman–Crippen LogP) is 2.47. The summed E-state index contributed by atoms with van der Waals surface area (Å²) in [6.45, 7) is 3.84. The van der Waals surface area contributed by atoms with Crippen molar-refractivity contribution in [3.63, 3.8) is 0 Å². The van der Waals surface area contributed by atoms with Crippen LogP contribution in [0.3, 0.4) is 0 Å². The summed E-state index contributed by atoms with van der Waals surface area (Å²) >= 11 is 5.11. The normalized spacial score (nSPS) is 13.4. The zero-order chi connectivity index (χ0) is 13.5. The minimum atomic E-state index is -0.887. The Hall–Kier alpha value is -1.62. The van der Waals surface area contributed by atoms with Crippen LogP contribution in [-0.2, 0) is 4.79 Å². The summed E-state index contributed by atoms with van der Waals surface area (Å²) in [5.41, 5.74) is 0.836. The third kappa shape index (κ3) is 4.33. The number of thiocarbonyl (C=S) groups is 1. The number of hydrogen-bond donors (Lipinski definition) is 3. The van der Waals surface area contributed by atoms with Crippen molar-refractivity contribution in [3.05, 3.63) is 30.3 Å². The van der Waals surface area contributed by atoms with Crippen LogP contribution in [0.15, 0.2) is 30.3 Å². The van der Waals surface area contributed by atoms with E-state index in [-0.39, 0.29) is 5.92 Å². The third-order valence-corrected chi connectivity index (χ3v) is 3.02. The molecule has 0 radical (unpaired) electrons. The van der Waals surface area contributed by atoms with Gasteiger partial charge in [-0.15, -0.1) is 0 Å². The molecule has 18 heavy (non-hydrogen) atoms. The molecule has 0 fully saturated rings. The van der Waals surface area contributed by atoms with Crippen molar-refractivity contribution in [2.24, 2.45) is 5.92 Å². The molecule has 3 N–H and O–H groups in total. The third-order valence-electron chi connectivity index (χ3n) is 2.80. The number of anilines is 1. The van der Waals surface area contributed by atoms with E-state index in [9.17, 15) is 4.79 Å². The number of hydrogen-bond acceptors (Lipinski definition) is 2. The lowest BCUT2D eigenvalue weighted by Crippen LogP contribution is -2.46. The van der Waals surface area contributed by atoms with Crippen molar-refractivity contribution in [1.82, 2.24) is 5.32 Å². The van der Waals surface area contributed by atoms with Gasteiger partial charge in [-0.2, -0.15) is 0 Å². The summed E-state index contributed by atoms with van der Waals surface area (Å²) in [6.07, 6.45) is 0.776. The van der Waals surface area contributed by atoms with Crippen LogP contribution in [0.4, 0.5) is 5.69 Å². The predicted molar refractivity (Wildman–Crippen MR) is 76.7 cm³/mol. The molecular weight excluding hydrogens is 248 g/mol. The van der Waals surface area contributed by atoms with Crippen LogP contribution < -0.4 is 10.6 Å². The maximum Gasteiger partial charge on any atom is 0.326 e. The van der Waals surface area contributed by atoms with Gasteiger partial charge < -0.3 is 15.7 Å². The summed E-state index contributed by atoms with van der Waals surface area (Å²) in [6, 6.07) is 8.74. The molecule has 5 heteroatoms. The molecule has 0 bridgehead atoms. The maximum absolute atomic E-state index is 11.1. The van der Waals surface area contributed by atoms with Crippen LogP contribution in [0.25, 0.3) is 0 Å². The molecule has 0 aliphatic heterocycles. The van der Waals surface area contributed by atoms with Crippen LogP contribution in [0.5, 0.6) is 0 Å². The first-order chi connectivity index (χ1) is 8.54. The zero-order valence-corrected chi connectivity index (χ0v) is 11.3. The molecule has 0 aromatic heterocycles. The molecule has 98 valence electrons. The zero-order valence-electron chi connectivity index (χ0n) is 10.5. The fourth-order valence-electron chi connectivity index (χ4n) is 1.51. The van der Waals surface area contributed by atoms with E-state index in [1.54, 1.807) is 0 Å². The lowest BCUT2D eigenvalue weighted by Gasteiger charge is -2.22. The van der Waals surface area contributed by atoms with Gasteiger partial charge in [0.25, 0.3) is 0 Å². The van der Waals surface area contributed by atoms with Gasteiger partial charge in [0.15, 0.2) is 5.11 Å². The number of benzene rings is 1. The highest BCUT2D eigenvalue weighted by Crippen LogP contribution is 2.09. The molecule has 0 amide bonds. The van der Waals surface area contributed by atoms with Gasteiger partial charge >= 0.3 is 5.97 Å². The Balaban J connectivity index is 2.60. The highest BCUT2D eigenvalue weighted by Gasteiger charge is 2.23. The van der Waals surface area contributed by atoms with E-state index in [1.165, 1.54) is 0 Å². The monoisotopic (exact) mass is 266 g/mol. The number of carboxylic acid groups (broad SMARTS) is 1. The van der Waals surface area contributed by atoms with Gasteiger partial charge in [-0.05, 0) is 30.3 Å². The van der Waals surface area contributed by atoms with Crippen molar-refractivity contribution in [2.45, 2.75) is 26.3 Å². The first-order valence-electron chi connectivity index (χ1n) is 5.90. The smallest absolute Gasteiger partial charge is 0.326 e. The van der Waals surface area contributed by atoms with Crippen LogP contribution in [0, 0.1) is 5.92 Å². The summed E-state index contributed by atoms with van der Waals surface area (Å²) in [7, 11) is 0. The largest absolute Gasteiger partial charge is 0.480 e. The standard InChI is InChI=1S/C13H18N2O2S/c1-3-9(2)11(12(16)17)15-13(18)14-10-7-5-4-6-8-10/h4-9,11H,3H2,1-2H3,(H,16,17)(H2,14,15,18)/t9-,11-/m0/s1. The average molecular weight is 266 g/mol. The highest BCUT2D eigenvalue weighted by atomic mass is 32.1. The molecule has 0 spiro atoms. The topological polar surface area (TPSA) is 61.4 Å². The van der Waals surface area contributed by atoms with Crippen LogP contribution in [0.2, 0.25) is 0 Å². The molecule has 2 atom stereocenters. The van der Waals surface area contributed by atoms with Crippen LogP contribution in [-0.4, -0.2) is 22.2 Å². The van der Waals surface area contributed by atoms with E-state index in [2.05, 4.69) is 10.6 Å². The number of nitrogens with one attached hydrogen (secondary N) is 2. The summed E-state index contributed by atoms with van der Waals surface area (Å²) in [5.74, 6) is -0.875. The Labute approximate surface area is 112 Å². The highest BCUT2D eigenvalue weighted by molar-refractivity contribution is 7.80. The lowest BCUT2D eigenvalue weighted by atomic mass is 10.00. The van der Waals surface area contributed by atoms with Gasteiger partial charge in [0.1, 0.15) is 6.04 Å². The molecule has 0 aliphatic rings. The van der Waals surface area contributed by atoms with Gasteiger partial charge in [0.05, 0.1) is 0 Å². The molecule has 1 aromatic carbocycles. The van der Waals surface area contributed by atoms with E-state index in [1.807, 2.05) is 44.2 Å². The van der Waals surface area contributed by atoms with Gasteiger partial charge in [-0.1, -0.05) is 38.5 Å². The Kier molecular flexibility index (Phi) is 5.58. The number of rotatable bonds is 5. The van der Waals surface area contributed by atoms with Crippen LogP contribution >= 0.6 is 12.2 Å². The molecule has 1 rings (SSSR count). The summed E-state index contributed by atoms with van der Waals surface area (Å²) < 4.78 is 0. The molecule has 0 heterocycles. The molecule has 0 aliphatic carbocycles. The molecule has 0 unspecified atom stereocenters. The van der Waals surface area contributed by atoms with Crippen molar-refractivity contribution in [1.29, 1.82) is 0 Å². The fraction of sp³-hybridized carbons (Fsp3) is 0.385. The first kappa shape index (κ1) is 14.4.